The second-order valence-corrected chi connectivity index (χ2v) is 18.5. The second-order valence-electron chi connectivity index (χ2n) is 11.9. The van der Waals surface area contributed by atoms with Crippen molar-refractivity contribution in [2.45, 2.75) is 0 Å². The Morgan fingerprint density at radius 2 is 0.984 bits per heavy atom. The van der Waals surface area contributed by atoms with Crippen molar-refractivity contribution in [2.75, 3.05) is 98.7 Å². The van der Waals surface area contributed by atoms with Gasteiger partial charge in [0, 0.05) is 0 Å². The van der Waals surface area contributed by atoms with E-state index in [1.807, 2.05) is 0 Å². The summed E-state index contributed by atoms with van der Waals surface area (Å²) in [7, 11) is -12.9. The summed E-state index contributed by atoms with van der Waals surface area (Å²) >= 11 is 6.30. The summed E-state index contributed by atoms with van der Waals surface area (Å²) in [5, 5.41) is 52.0. The number of rotatable bonds is 28. The van der Waals surface area contributed by atoms with Gasteiger partial charge in [-0.2, -0.15) is 16.8 Å². The van der Waals surface area contributed by atoms with Crippen molar-refractivity contribution in [1.82, 2.24) is 10.6 Å². The average Bonchev–Trinajstić information content (AvgIpc) is 3.15. The number of anilines is 2. The molecule has 0 bridgehead atoms. The van der Waals surface area contributed by atoms with Crippen molar-refractivity contribution in [3.05, 3.63) is 75.8 Å². The van der Waals surface area contributed by atoms with E-state index in [0.29, 0.717) is 12.1 Å². The Hall–Kier alpha value is -4.37. The molecule has 0 aliphatic carbocycles. The molecule has 342 valence electrons. The second kappa shape index (κ2) is 23.7. The molecular formula is C28H39Br2N8O20PS2. The molecule has 2 rings (SSSR count). The fourth-order valence-corrected chi connectivity index (χ4v) is 7.54. The van der Waals surface area contributed by atoms with Crippen LogP contribution in [-0.4, -0.2) is 147 Å². The molecule has 4 N–H and O–H groups in total. The van der Waals surface area contributed by atoms with Gasteiger partial charge < -0.3 is 0 Å². The molecule has 0 saturated heterocycles. The van der Waals surface area contributed by atoms with Gasteiger partial charge in [-0.05, 0) is 0 Å². The normalized spacial score (nSPS) is 12.0. The predicted octanol–water partition coefficient (Wildman–Crippen LogP) is 1.26. The number of alkyl halides is 2. The first kappa shape index (κ1) is 52.8. The monoisotopic (exact) mass is 1060 g/mol. The van der Waals surface area contributed by atoms with Crippen LogP contribution in [0.5, 0.6) is 0 Å². The number of hydrogen-bond acceptors (Lipinski definition) is 22. The number of nitrogens with one attached hydrogen (secondary N) is 2. The molecule has 0 fully saturated rings. The van der Waals surface area contributed by atoms with Gasteiger partial charge in [0.1, 0.15) is 0 Å². The van der Waals surface area contributed by atoms with Crippen LogP contribution in [0.2, 0.25) is 0 Å². The third-order valence-electron chi connectivity index (χ3n) is 7.47. The number of nitro groups is 4. The molecule has 28 nitrogen and oxygen atoms in total. The molecule has 33 heteroatoms. The summed E-state index contributed by atoms with van der Waals surface area (Å²) in [5.41, 5.74) is -5.43. The van der Waals surface area contributed by atoms with Gasteiger partial charge in [0.25, 0.3) is 0 Å². The number of carbonyl (C=O) groups is 2. The van der Waals surface area contributed by atoms with E-state index < -0.39 is 145 Å². The van der Waals surface area contributed by atoms with Gasteiger partial charge in [-0.3, -0.25) is 0 Å². The van der Waals surface area contributed by atoms with E-state index in [2.05, 4.69) is 42.5 Å². The van der Waals surface area contributed by atoms with E-state index >= 15 is 0 Å². The average molecular weight is 1060 g/mol. The maximum absolute atomic E-state index is 13.3. The van der Waals surface area contributed by atoms with E-state index in [1.54, 1.807) is 0 Å². The zero-order valence-electron chi connectivity index (χ0n) is 31.8. The van der Waals surface area contributed by atoms with E-state index in [9.17, 15) is 76.7 Å². The van der Waals surface area contributed by atoms with Crippen LogP contribution in [0.1, 0.15) is 20.7 Å². The summed E-state index contributed by atoms with van der Waals surface area (Å²) in [6, 6.07) is 2.70. The van der Waals surface area contributed by atoms with Crippen molar-refractivity contribution in [1.29, 1.82) is 0 Å². The summed E-state index contributed by atoms with van der Waals surface area (Å²) in [4.78, 5) is 92.9. The minimum absolute atomic E-state index is 0.0687. The van der Waals surface area contributed by atoms with Crippen molar-refractivity contribution in [3.63, 3.8) is 0 Å². The van der Waals surface area contributed by atoms with Gasteiger partial charge in [0.2, 0.25) is 0 Å². The number of hydrogen-bond donors (Lipinski definition) is 4. The first-order valence-corrected chi connectivity index (χ1v) is 24.4. The van der Waals surface area contributed by atoms with E-state index in [0.717, 1.165) is 24.6 Å². The molecule has 0 aliphatic heterocycles. The van der Waals surface area contributed by atoms with Crippen LogP contribution in [0, 0.1) is 40.5 Å². The predicted molar refractivity (Wildman–Crippen MR) is 222 cm³/mol. The number of non-ortho nitro benzene ring substituents is 2. The van der Waals surface area contributed by atoms with Crippen molar-refractivity contribution in [2.24, 2.45) is 0 Å². The van der Waals surface area contributed by atoms with Gasteiger partial charge in [-0.25, -0.2) is 0 Å². The van der Waals surface area contributed by atoms with Crippen LogP contribution in [0.4, 0.5) is 34.1 Å². The van der Waals surface area contributed by atoms with E-state index in [-0.39, 0.29) is 36.8 Å². The van der Waals surface area contributed by atoms with Crippen molar-refractivity contribution >= 4 is 106 Å². The fraction of sp³-hybridized carbons (Fsp3) is 0.500. The van der Waals surface area contributed by atoms with Crippen LogP contribution in [0.15, 0.2) is 24.3 Å². The standard InChI is InChI=1S/C28H39Br2N8O20PS2/c1-60(51,52)57-13-9-33(7-3-29)25-21(15-19(35(41)42)17-23(25)37(45)46)27(39)31-5-11-55-59(49,50)56-12-6-32-28(40)22-16-20(36(43)44)18-24(38(47)48)26(22)34(8-4-30)10-14-58-61(2,53)54/h15-18,49-50,59H,3-14H2,1-2H3,(H,31,39)(H,32,40). The number of carbonyl (C=O) groups excluding carboxylic acids is 2. The molecule has 0 heterocycles. The summed E-state index contributed by atoms with van der Waals surface area (Å²) in [6.07, 6.45) is 1.53. The fourth-order valence-electron chi connectivity index (χ4n) is 5.11. The molecule has 0 unspecified atom stereocenters. The van der Waals surface area contributed by atoms with Gasteiger partial charge in [-0.1, -0.05) is 0 Å². The molecule has 2 aromatic carbocycles. The van der Waals surface area contributed by atoms with Crippen LogP contribution in [0.3, 0.4) is 0 Å². The minimum atomic E-state index is -5.05. The molecule has 0 atom stereocenters. The number of halogens is 2. The Labute approximate surface area is 363 Å². The quantitative estimate of drug-likeness (QED) is 0.0233. The van der Waals surface area contributed by atoms with Crippen molar-refractivity contribution in [3.8, 4) is 0 Å². The first-order chi connectivity index (χ1) is 28.3. The SMILES string of the molecule is CS(=O)(=O)OCCN(CCBr)c1c(C(=O)NCCO[PH](O)(O)OCCNC(=O)c2cc([N+](=O)[O-])cc([N+](=O)[O-])c2N(CCBr)CCOS(C)(=O)=O)cc([N+](=O)[O-])cc1[N+](=O)[O-]. The Morgan fingerprint density at radius 1 is 0.639 bits per heavy atom. The Bertz CT molecular complexity index is 2040. The maximum atomic E-state index is 13.3. The Kier molecular flexibility index (Phi) is 20.5. The zero-order chi connectivity index (χ0) is 46.3. The number of nitro benzene ring substituents is 4. The summed E-state index contributed by atoms with van der Waals surface area (Å²) < 4.78 is 65.2. The Balaban J connectivity index is 2.20. The van der Waals surface area contributed by atoms with Gasteiger partial charge in [0.15, 0.2) is 0 Å². The third kappa shape index (κ3) is 17.5. The molecule has 0 aromatic heterocycles. The molecule has 0 aliphatic rings. The van der Waals surface area contributed by atoms with Crippen LogP contribution in [-0.2, 0) is 37.6 Å². The molecular weight excluding hydrogens is 1020 g/mol. The number of nitrogens with zero attached hydrogens (tertiary/aromatic N) is 6. The molecule has 61 heavy (non-hydrogen) atoms. The topological polar surface area (TPSA) is 383 Å². The number of amides is 2. The molecule has 0 spiro atoms. The summed E-state index contributed by atoms with van der Waals surface area (Å²) in [5.74, 6) is -2.25. The van der Waals surface area contributed by atoms with E-state index in [1.165, 1.54) is 9.80 Å². The zero-order valence-corrected chi connectivity index (χ0v) is 37.6. The van der Waals surface area contributed by atoms with Gasteiger partial charge in [0.05, 0.1) is 12.5 Å². The van der Waals surface area contributed by atoms with Crippen LogP contribution < -0.4 is 20.4 Å². The Morgan fingerprint density at radius 3 is 1.26 bits per heavy atom. The first-order valence-electron chi connectivity index (χ1n) is 16.9. The summed E-state index contributed by atoms with van der Waals surface area (Å²) in [6.45, 7) is -4.30. The molecule has 2 amide bonds. The van der Waals surface area contributed by atoms with Gasteiger partial charge >= 0.3 is 335 Å². The van der Waals surface area contributed by atoms with Crippen LogP contribution in [0.25, 0.3) is 0 Å². The van der Waals surface area contributed by atoms with Crippen molar-refractivity contribution < 1.29 is 73.3 Å². The molecule has 0 radical (unpaired) electrons. The molecule has 2 aromatic rings. The third-order valence-corrected chi connectivity index (χ3v) is 10.5. The van der Waals surface area contributed by atoms with E-state index in [4.69, 9.17) is 17.4 Å². The van der Waals surface area contributed by atoms with Crippen LogP contribution >= 0.6 is 40.0 Å². The molecule has 0 saturated carbocycles. The van der Waals surface area contributed by atoms with Gasteiger partial charge in [-0.15, -0.1) is 0 Å². The number of benzene rings is 2.